The van der Waals surface area contributed by atoms with Crippen LogP contribution < -0.4 is 14.8 Å². The van der Waals surface area contributed by atoms with Crippen molar-refractivity contribution in [3.05, 3.63) is 71.2 Å². The van der Waals surface area contributed by atoms with Crippen molar-refractivity contribution in [1.82, 2.24) is 4.72 Å². The van der Waals surface area contributed by atoms with Gasteiger partial charge in [0.2, 0.25) is 5.88 Å². The van der Waals surface area contributed by atoms with Gasteiger partial charge in [0.1, 0.15) is 11.4 Å². The zero-order valence-electron chi connectivity index (χ0n) is 12.7. The van der Waals surface area contributed by atoms with E-state index in [-0.39, 0.29) is 11.4 Å². The number of hydrogen-bond acceptors (Lipinski definition) is 5. The lowest BCUT2D eigenvalue weighted by Crippen LogP contribution is -2.29. The molecule has 24 heavy (non-hydrogen) atoms. The number of phenols is 1. The van der Waals surface area contributed by atoms with E-state index >= 15 is 0 Å². The molecule has 5 N–H and O–H groups in total. The second kappa shape index (κ2) is 6.06. The highest BCUT2D eigenvalue weighted by Crippen LogP contribution is 2.33. The molecule has 0 saturated carbocycles. The fourth-order valence-electron chi connectivity index (χ4n) is 2.60. The molecular formula is C16H17N3O4S. The molecule has 0 atom stereocenters. The van der Waals surface area contributed by atoms with Gasteiger partial charge in [0, 0.05) is 6.54 Å². The quantitative estimate of drug-likeness (QED) is 0.668. The van der Waals surface area contributed by atoms with Crippen LogP contribution in [0.2, 0.25) is 0 Å². The molecule has 2 aromatic carbocycles. The fraction of sp³-hybridized carbons (Fsp3) is 0.125. The summed E-state index contributed by atoms with van der Waals surface area (Å²) in [5.41, 5.74) is 8.65. The first-order valence-corrected chi connectivity index (χ1v) is 8.66. The standard InChI is InChI=1S/C16H17N3O4S/c17-9-13-4-2-1-3-12(13)7-11-5-6-14(15(20)8-11)19-10-16(21)18-24(19,22)23/h1-6,8,10,18,20-21H,7,9,17H2. The summed E-state index contributed by atoms with van der Waals surface area (Å²) in [7, 11) is -3.93. The van der Waals surface area contributed by atoms with Crippen LogP contribution in [-0.4, -0.2) is 18.6 Å². The van der Waals surface area contributed by atoms with Crippen molar-refractivity contribution < 1.29 is 18.6 Å². The molecule has 8 heteroatoms. The van der Waals surface area contributed by atoms with E-state index in [0.717, 1.165) is 27.2 Å². The Kier molecular flexibility index (Phi) is 4.08. The summed E-state index contributed by atoms with van der Waals surface area (Å²) >= 11 is 0. The number of nitrogens with two attached hydrogens (primary N) is 1. The largest absolute Gasteiger partial charge is 0.506 e. The smallest absolute Gasteiger partial charge is 0.330 e. The van der Waals surface area contributed by atoms with E-state index in [1.165, 1.54) is 12.1 Å². The van der Waals surface area contributed by atoms with Gasteiger partial charge in [-0.15, -0.1) is 0 Å². The van der Waals surface area contributed by atoms with Gasteiger partial charge in [0.25, 0.3) is 0 Å². The summed E-state index contributed by atoms with van der Waals surface area (Å²) in [4.78, 5) is 0. The predicted molar refractivity (Wildman–Crippen MR) is 90.5 cm³/mol. The highest BCUT2D eigenvalue weighted by atomic mass is 32.2. The van der Waals surface area contributed by atoms with Gasteiger partial charge in [-0.2, -0.15) is 8.42 Å². The van der Waals surface area contributed by atoms with Crippen LogP contribution in [-0.2, 0) is 23.2 Å². The van der Waals surface area contributed by atoms with Gasteiger partial charge in [-0.25, -0.2) is 9.03 Å². The van der Waals surface area contributed by atoms with Crippen molar-refractivity contribution in [1.29, 1.82) is 0 Å². The van der Waals surface area contributed by atoms with Crippen molar-refractivity contribution in [3.8, 4) is 5.75 Å². The summed E-state index contributed by atoms with van der Waals surface area (Å²) in [5, 5.41) is 19.5. The minimum Gasteiger partial charge on any atom is -0.506 e. The van der Waals surface area contributed by atoms with Crippen molar-refractivity contribution >= 4 is 15.9 Å². The molecule has 7 nitrogen and oxygen atoms in total. The first-order valence-electron chi connectivity index (χ1n) is 7.22. The molecule has 0 radical (unpaired) electrons. The third kappa shape index (κ3) is 3.01. The highest BCUT2D eigenvalue weighted by Gasteiger charge is 2.30. The summed E-state index contributed by atoms with van der Waals surface area (Å²) in [5.74, 6) is -0.704. The van der Waals surface area contributed by atoms with Crippen LogP contribution in [0.1, 0.15) is 16.7 Å². The summed E-state index contributed by atoms with van der Waals surface area (Å²) in [6, 6.07) is 12.4. The molecule has 126 valence electrons. The molecule has 0 fully saturated rings. The van der Waals surface area contributed by atoms with Gasteiger partial charge < -0.3 is 15.9 Å². The molecular weight excluding hydrogens is 330 g/mol. The third-order valence-electron chi connectivity index (χ3n) is 3.74. The van der Waals surface area contributed by atoms with Gasteiger partial charge in [-0.3, -0.25) is 0 Å². The van der Waals surface area contributed by atoms with E-state index in [9.17, 15) is 18.6 Å². The molecule has 0 unspecified atom stereocenters. The molecule has 1 aliphatic rings. The average Bonchev–Trinajstić information content (AvgIpc) is 2.80. The van der Waals surface area contributed by atoms with Crippen LogP contribution in [0, 0.1) is 0 Å². The van der Waals surface area contributed by atoms with Gasteiger partial charge in [-0.05, 0) is 35.2 Å². The molecule has 2 aromatic rings. The maximum Gasteiger partial charge on any atom is 0.330 e. The van der Waals surface area contributed by atoms with E-state index in [2.05, 4.69) is 0 Å². The summed E-state index contributed by atoms with van der Waals surface area (Å²) in [6.07, 6.45) is 1.56. The number of phenolic OH excluding ortho intramolecular Hbond substituents is 1. The number of aliphatic hydroxyl groups is 1. The van der Waals surface area contributed by atoms with Gasteiger partial charge in [0.15, 0.2) is 0 Å². The lowest BCUT2D eigenvalue weighted by molar-refractivity contribution is 0.392. The molecule has 0 aliphatic carbocycles. The number of rotatable bonds is 4. The molecule has 0 amide bonds. The van der Waals surface area contributed by atoms with Crippen LogP contribution in [0.15, 0.2) is 54.5 Å². The van der Waals surface area contributed by atoms with E-state index in [1.807, 2.05) is 29.0 Å². The molecule has 1 heterocycles. The molecule has 3 rings (SSSR count). The van der Waals surface area contributed by atoms with Crippen LogP contribution in [0.25, 0.3) is 0 Å². The number of anilines is 1. The number of aromatic hydroxyl groups is 1. The van der Waals surface area contributed by atoms with Crippen molar-refractivity contribution in [2.75, 3.05) is 4.31 Å². The first kappa shape index (κ1) is 16.2. The molecule has 0 spiro atoms. The van der Waals surface area contributed by atoms with E-state index < -0.39 is 16.1 Å². The zero-order valence-corrected chi connectivity index (χ0v) is 13.5. The Morgan fingerprint density at radius 1 is 1.08 bits per heavy atom. The minimum atomic E-state index is -3.93. The third-order valence-corrected chi connectivity index (χ3v) is 5.03. The second-order valence-corrected chi connectivity index (χ2v) is 6.94. The monoisotopic (exact) mass is 347 g/mol. The molecule has 0 saturated heterocycles. The van der Waals surface area contributed by atoms with Gasteiger partial charge >= 0.3 is 10.2 Å². The van der Waals surface area contributed by atoms with Crippen molar-refractivity contribution in [2.24, 2.45) is 5.73 Å². The number of benzene rings is 2. The zero-order chi connectivity index (χ0) is 17.3. The Balaban J connectivity index is 1.91. The van der Waals surface area contributed by atoms with Crippen LogP contribution in [0.4, 0.5) is 5.69 Å². The number of nitrogens with zero attached hydrogens (tertiary/aromatic N) is 1. The predicted octanol–water partition coefficient (Wildman–Crippen LogP) is 1.45. The number of hydrogen-bond donors (Lipinski definition) is 4. The van der Waals surface area contributed by atoms with Crippen molar-refractivity contribution in [3.63, 3.8) is 0 Å². The average molecular weight is 347 g/mol. The van der Waals surface area contributed by atoms with Crippen LogP contribution in [0.5, 0.6) is 5.75 Å². The van der Waals surface area contributed by atoms with E-state index in [0.29, 0.717) is 13.0 Å². The topological polar surface area (TPSA) is 116 Å². The lowest BCUT2D eigenvalue weighted by Gasteiger charge is -2.16. The van der Waals surface area contributed by atoms with Crippen LogP contribution >= 0.6 is 0 Å². The fourth-order valence-corrected chi connectivity index (χ4v) is 3.67. The summed E-state index contributed by atoms with van der Waals surface area (Å²) < 4.78 is 26.4. The Labute approximate surface area is 139 Å². The Bertz CT molecular complexity index is 909. The van der Waals surface area contributed by atoms with Crippen molar-refractivity contribution in [2.45, 2.75) is 13.0 Å². The van der Waals surface area contributed by atoms with E-state index in [4.69, 9.17) is 5.73 Å². The summed E-state index contributed by atoms with van der Waals surface area (Å²) in [6.45, 7) is 0.419. The number of nitrogens with one attached hydrogen (secondary N) is 1. The Hall–Kier alpha value is -2.71. The maximum absolute atomic E-state index is 11.9. The normalized spacial score (nSPS) is 15.9. The highest BCUT2D eigenvalue weighted by molar-refractivity contribution is 7.91. The Morgan fingerprint density at radius 2 is 1.79 bits per heavy atom. The van der Waals surface area contributed by atoms with E-state index in [1.54, 1.807) is 6.07 Å². The van der Waals surface area contributed by atoms with Gasteiger partial charge in [0.05, 0.1) is 6.20 Å². The van der Waals surface area contributed by atoms with Gasteiger partial charge in [-0.1, -0.05) is 30.3 Å². The molecule has 0 bridgehead atoms. The van der Waals surface area contributed by atoms with Crippen LogP contribution in [0.3, 0.4) is 0 Å². The molecule has 1 aliphatic heterocycles. The lowest BCUT2D eigenvalue weighted by atomic mass is 9.99. The second-order valence-electron chi connectivity index (χ2n) is 5.39. The Morgan fingerprint density at radius 3 is 2.38 bits per heavy atom. The molecule has 0 aromatic heterocycles. The SMILES string of the molecule is NCc1ccccc1Cc1ccc(N2C=C(O)NS2(=O)=O)c(O)c1. The number of aliphatic hydroxyl groups excluding tert-OH is 1. The first-order chi connectivity index (χ1) is 11.4. The maximum atomic E-state index is 11.9. The minimum absolute atomic E-state index is 0.0578.